The van der Waals surface area contributed by atoms with Gasteiger partial charge in [-0.1, -0.05) is 26.0 Å². The largest absolute Gasteiger partial charge is 0.508 e. The van der Waals surface area contributed by atoms with Crippen LogP contribution in [0.1, 0.15) is 51.5 Å². The summed E-state index contributed by atoms with van der Waals surface area (Å²) in [6.07, 6.45) is 0.787. The summed E-state index contributed by atoms with van der Waals surface area (Å²) in [6.45, 7) is 3.71. The fourth-order valence-electron chi connectivity index (χ4n) is 3.57. The Morgan fingerprint density at radius 3 is 1.97 bits per heavy atom. The van der Waals surface area contributed by atoms with Gasteiger partial charge in [0, 0.05) is 12.8 Å². The molecule has 212 valence electrons. The molecule has 3 amide bonds. The van der Waals surface area contributed by atoms with E-state index in [0.29, 0.717) is 24.9 Å². The molecule has 0 radical (unpaired) electrons. The number of phenolic OH excluding ortho intramolecular Hbond substituents is 1. The summed E-state index contributed by atoms with van der Waals surface area (Å²) in [6, 6.07) is 1.27. The van der Waals surface area contributed by atoms with Crippen LogP contribution in [0.15, 0.2) is 24.3 Å². The van der Waals surface area contributed by atoms with Crippen LogP contribution in [0.3, 0.4) is 0 Å². The number of aromatic hydroxyl groups is 1. The molecule has 13 heteroatoms. The van der Waals surface area contributed by atoms with E-state index in [-0.39, 0.29) is 31.4 Å². The van der Waals surface area contributed by atoms with Crippen LogP contribution < -0.4 is 27.4 Å². The van der Waals surface area contributed by atoms with Crippen molar-refractivity contribution in [3.8, 4) is 5.75 Å². The topological polar surface area (TPSA) is 234 Å². The van der Waals surface area contributed by atoms with Gasteiger partial charge in [-0.2, -0.15) is 0 Å². The number of aliphatic carboxylic acids is 2. The van der Waals surface area contributed by atoms with Crippen LogP contribution in [-0.4, -0.2) is 75.7 Å². The van der Waals surface area contributed by atoms with Crippen molar-refractivity contribution in [2.24, 2.45) is 17.4 Å². The molecule has 1 aromatic rings. The predicted molar refractivity (Wildman–Crippen MR) is 138 cm³/mol. The molecule has 0 aliphatic rings. The number of carbonyl (C=O) groups is 5. The lowest BCUT2D eigenvalue weighted by atomic mass is 10.00. The van der Waals surface area contributed by atoms with Crippen molar-refractivity contribution < 1.29 is 39.3 Å². The fraction of sp³-hybridized carbons (Fsp3) is 0.560. The number of hydrogen-bond acceptors (Lipinski definition) is 8. The minimum Gasteiger partial charge on any atom is -0.508 e. The van der Waals surface area contributed by atoms with Gasteiger partial charge in [-0.05, 0) is 55.8 Å². The average molecular weight is 538 g/mol. The summed E-state index contributed by atoms with van der Waals surface area (Å²) in [5.74, 6) is -4.89. The highest BCUT2D eigenvalue weighted by atomic mass is 16.4. The lowest BCUT2D eigenvalue weighted by Crippen LogP contribution is -2.58. The van der Waals surface area contributed by atoms with Crippen LogP contribution in [0.4, 0.5) is 0 Å². The molecule has 0 heterocycles. The van der Waals surface area contributed by atoms with Gasteiger partial charge in [0.25, 0.3) is 0 Å². The van der Waals surface area contributed by atoms with Crippen molar-refractivity contribution in [2.45, 2.75) is 76.5 Å². The quantitative estimate of drug-likeness (QED) is 0.118. The summed E-state index contributed by atoms with van der Waals surface area (Å²) in [4.78, 5) is 61.2. The average Bonchev–Trinajstić information content (AvgIpc) is 2.85. The Morgan fingerprint density at radius 2 is 1.45 bits per heavy atom. The SMILES string of the molecule is CC(C)C(NC(=O)C(CCCCN)NC(=O)C(N)CCC(=O)O)C(=O)NC(Cc1ccc(O)cc1)C(=O)O. The molecule has 0 aliphatic heterocycles. The van der Waals surface area contributed by atoms with E-state index in [9.17, 15) is 34.2 Å². The van der Waals surface area contributed by atoms with Gasteiger partial charge >= 0.3 is 11.9 Å². The Labute approximate surface area is 221 Å². The number of phenols is 1. The summed E-state index contributed by atoms with van der Waals surface area (Å²) >= 11 is 0. The summed E-state index contributed by atoms with van der Waals surface area (Å²) in [5, 5.41) is 35.4. The molecule has 10 N–H and O–H groups in total. The number of hydrogen-bond donors (Lipinski definition) is 8. The van der Waals surface area contributed by atoms with Crippen LogP contribution in [0, 0.1) is 5.92 Å². The standard InChI is InChI=1S/C25H39N5O8/c1-14(2)21(24(36)29-19(25(37)38)13-15-6-8-16(31)9-7-15)30-23(35)18(5-3-4-12-26)28-22(34)17(27)10-11-20(32)33/h6-9,14,17-19,21,31H,3-5,10-13,26-27H2,1-2H3,(H,28,34)(H,29,36)(H,30,35)(H,32,33)(H,37,38). The van der Waals surface area contributed by atoms with Gasteiger partial charge in [-0.3, -0.25) is 19.2 Å². The van der Waals surface area contributed by atoms with E-state index in [1.54, 1.807) is 13.8 Å². The lowest BCUT2D eigenvalue weighted by Gasteiger charge is -2.27. The highest BCUT2D eigenvalue weighted by Crippen LogP contribution is 2.12. The van der Waals surface area contributed by atoms with E-state index < -0.39 is 59.7 Å². The van der Waals surface area contributed by atoms with Crippen LogP contribution in [0.25, 0.3) is 0 Å². The number of carboxylic acids is 2. The zero-order valence-electron chi connectivity index (χ0n) is 21.7. The van der Waals surface area contributed by atoms with Crippen molar-refractivity contribution in [1.29, 1.82) is 0 Å². The number of nitrogens with one attached hydrogen (secondary N) is 3. The number of amides is 3. The minimum absolute atomic E-state index is 0.0168. The van der Waals surface area contributed by atoms with Crippen LogP contribution in [-0.2, 0) is 30.4 Å². The predicted octanol–water partition coefficient (Wildman–Crippen LogP) is -0.549. The van der Waals surface area contributed by atoms with E-state index in [2.05, 4.69) is 16.0 Å². The third-order valence-corrected chi connectivity index (χ3v) is 5.82. The highest BCUT2D eigenvalue weighted by Gasteiger charge is 2.32. The molecular weight excluding hydrogens is 498 g/mol. The molecule has 0 saturated carbocycles. The molecule has 0 saturated heterocycles. The number of rotatable bonds is 17. The Morgan fingerprint density at radius 1 is 0.842 bits per heavy atom. The van der Waals surface area contributed by atoms with Gasteiger partial charge in [-0.25, -0.2) is 4.79 Å². The van der Waals surface area contributed by atoms with Crippen LogP contribution >= 0.6 is 0 Å². The molecule has 0 spiro atoms. The number of nitrogens with two attached hydrogens (primary N) is 2. The summed E-state index contributed by atoms with van der Waals surface area (Å²) < 4.78 is 0. The van der Waals surface area contributed by atoms with E-state index in [0.717, 1.165) is 0 Å². The van der Waals surface area contributed by atoms with Gasteiger partial charge in [0.05, 0.1) is 6.04 Å². The third-order valence-electron chi connectivity index (χ3n) is 5.82. The Bertz CT molecular complexity index is 954. The van der Waals surface area contributed by atoms with Gasteiger partial charge < -0.3 is 42.7 Å². The second-order valence-corrected chi connectivity index (χ2v) is 9.38. The van der Waals surface area contributed by atoms with Crippen molar-refractivity contribution >= 4 is 29.7 Å². The first-order chi connectivity index (χ1) is 17.8. The van der Waals surface area contributed by atoms with Crippen LogP contribution in [0.5, 0.6) is 5.75 Å². The maximum Gasteiger partial charge on any atom is 0.326 e. The molecule has 0 aromatic heterocycles. The Kier molecular flexibility index (Phi) is 13.8. The Hall–Kier alpha value is -3.71. The Balaban J connectivity index is 2.95. The fourth-order valence-corrected chi connectivity index (χ4v) is 3.57. The molecule has 1 rings (SSSR count). The molecule has 4 atom stereocenters. The van der Waals surface area contributed by atoms with Crippen molar-refractivity contribution in [3.05, 3.63) is 29.8 Å². The van der Waals surface area contributed by atoms with E-state index >= 15 is 0 Å². The first-order valence-electron chi connectivity index (χ1n) is 12.4. The normalized spacial score (nSPS) is 14.1. The smallest absolute Gasteiger partial charge is 0.326 e. The molecule has 13 nitrogen and oxygen atoms in total. The van der Waals surface area contributed by atoms with Crippen molar-refractivity contribution in [2.75, 3.05) is 6.54 Å². The van der Waals surface area contributed by atoms with E-state index in [1.165, 1.54) is 24.3 Å². The number of carbonyl (C=O) groups excluding carboxylic acids is 3. The third kappa shape index (κ3) is 11.6. The molecule has 4 unspecified atom stereocenters. The first kappa shape index (κ1) is 32.3. The van der Waals surface area contributed by atoms with Crippen molar-refractivity contribution in [1.82, 2.24) is 16.0 Å². The van der Waals surface area contributed by atoms with Gasteiger partial charge in [0.1, 0.15) is 23.9 Å². The molecule has 0 bridgehead atoms. The summed E-state index contributed by atoms with van der Waals surface area (Å²) in [5.41, 5.74) is 11.9. The summed E-state index contributed by atoms with van der Waals surface area (Å²) in [7, 11) is 0. The van der Waals surface area contributed by atoms with Gasteiger partial charge in [0.15, 0.2) is 0 Å². The van der Waals surface area contributed by atoms with Gasteiger partial charge in [0.2, 0.25) is 17.7 Å². The minimum atomic E-state index is -1.29. The molecular formula is C25H39N5O8. The highest BCUT2D eigenvalue weighted by molar-refractivity contribution is 5.94. The van der Waals surface area contributed by atoms with E-state index in [1.807, 2.05) is 0 Å². The maximum atomic E-state index is 13.1. The van der Waals surface area contributed by atoms with E-state index in [4.69, 9.17) is 16.6 Å². The van der Waals surface area contributed by atoms with Crippen molar-refractivity contribution in [3.63, 3.8) is 0 Å². The molecule has 0 fully saturated rings. The zero-order chi connectivity index (χ0) is 28.8. The second kappa shape index (κ2) is 16.2. The van der Waals surface area contributed by atoms with Gasteiger partial charge in [-0.15, -0.1) is 0 Å². The maximum absolute atomic E-state index is 13.1. The monoisotopic (exact) mass is 537 g/mol. The second-order valence-electron chi connectivity index (χ2n) is 9.38. The molecule has 0 aliphatic carbocycles. The zero-order valence-corrected chi connectivity index (χ0v) is 21.7. The lowest BCUT2D eigenvalue weighted by molar-refractivity contribution is -0.142. The first-order valence-corrected chi connectivity index (χ1v) is 12.4. The molecule has 38 heavy (non-hydrogen) atoms. The van der Waals surface area contributed by atoms with Crippen LogP contribution in [0.2, 0.25) is 0 Å². The number of benzene rings is 1. The molecule has 1 aromatic carbocycles. The number of carboxylic acid groups (broad SMARTS) is 2. The number of unbranched alkanes of at least 4 members (excludes halogenated alkanes) is 1.